The minimum Gasteiger partial charge on any atom is -0.385 e. The number of rotatable bonds is 7. The SMILES string of the molecule is O=S(=O)(c1ccc(Br)cc1)N1CCSc2ccc(NCCCN3CCNCC3)cc21. The average molecular weight is 512 g/mol. The molecule has 1 fully saturated rings. The summed E-state index contributed by atoms with van der Waals surface area (Å²) in [6.07, 6.45) is 1.06. The smallest absolute Gasteiger partial charge is 0.264 e. The summed E-state index contributed by atoms with van der Waals surface area (Å²) < 4.78 is 29.0. The van der Waals surface area contributed by atoms with Gasteiger partial charge in [-0.1, -0.05) is 15.9 Å². The molecule has 9 heteroatoms. The normalized spacial score (nSPS) is 17.6. The number of fused-ring (bicyclic) bond motifs is 1. The molecule has 0 unspecified atom stereocenters. The Labute approximate surface area is 191 Å². The number of piperazine rings is 1. The molecule has 2 aromatic rings. The summed E-state index contributed by atoms with van der Waals surface area (Å²) in [5.74, 6) is 0.750. The maximum absolute atomic E-state index is 13.3. The van der Waals surface area contributed by atoms with Crippen molar-refractivity contribution in [2.45, 2.75) is 16.2 Å². The highest BCUT2D eigenvalue weighted by Crippen LogP contribution is 2.39. The van der Waals surface area contributed by atoms with E-state index < -0.39 is 10.0 Å². The van der Waals surface area contributed by atoms with Crippen molar-refractivity contribution in [1.82, 2.24) is 10.2 Å². The van der Waals surface area contributed by atoms with Crippen LogP contribution in [-0.4, -0.2) is 64.9 Å². The zero-order valence-corrected chi connectivity index (χ0v) is 20.0. The number of anilines is 2. The Kier molecular flexibility index (Phi) is 7.25. The number of halogens is 1. The minimum absolute atomic E-state index is 0.318. The molecule has 0 atom stereocenters. The van der Waals surface area contributed by atoms with Crippen molar-refractivity contribution in [1.29, 1.82) is 0 Å². The average Bonchev–Trinajstić information content (AvgIpc) is 2.77. The predicted molar refractivity (Wildman–Crippen MR) is 128 cm³/mol. The van der Waals surface area contributed by atoms with Crippen molar-refractivity contribution in [3.63, 3.8) is 0 Å². The summed E-state index contributed by atoms with van der Waals surface area (Å²) in [7, 11) is -3.59. The zero-order chi connectivity index (χ0) is 21.0. The minimum atomic E-state index is -3.59. The molecule has 2 aliphatic heterocycles. The van der Waals surface area contributed by atoms with Gasteiger partial charge in [-0.2, -0.15) is 0 Å². The number of hydrogen-bond acceptors (Lipinski definition) is 6. The van der Waals surface area contributed by atoms with Gasteiger partial charge in [0.05, 0.1) is 10.6 Å². The number of hydrogen-bond donors (Lipinski definition) is 2. The fraction of sp³-hybridized carbons (Fsp3) is 0.429. The van der Waals surface area contributed by atoms with Crippen LogP contribution in [0, 0.1) is 0 Å². The molecular weight excluding hydrogens is 484 g/mol. The van der Waals surface area contributed by atoms with Crippen LogP contribution in [0.5, 0.6) is 0 Å². The van der Waals surface area contributed by atoms with E-state index in [9.17, 15) is 8.42 Å². The third kappa shape index (κ3) is 5.13. The molecule has 1 saturated heterocycles. The lowest BCUT2D eigenvalue weighted by atomic mass is 10.2. The van der Waals surface area contributed by atoms with Gasteiger partial charge in [0.2, 0.25) is 0 Å². The van der Waals surface area contributed by atoms with Crippen molar-refractivity contribution < 1.29 is 8.42 Å². The number of nitrogens with one attached hydrogen (secondary N) is 2. The van der Waals surface area contributed by atoms with Crippen LogP contribution in [0.25, 0.3) is 0 Å². The highest BCUT2D eigenvalue weighted by atomic mass is 79.9. The molecule has 0 spiro atoms. The zero-order valence-electron chi connectivity index (χ0n) is 16.8. The predicted octanol–water partition coefficient (Wildman–Crippen LogP) is 3.46. The number of benzene rings is 2. The van der Waals surface area contributed by atoms with Crippen molar-refractivity contribution in [2.24, 2.45) is 0 Å². The molecule has 0 radical (unpaired) electrons. The maximum atomic E-state index is 13.3. The monoisotopic (exact) mass is 510 g/mol. The second-order valence-electron chi connectivity index (χ2n) is 7.43. The topological polar surface area (TPSA) is 64.7 Å². The van der Waals surface area contributed by atoms with Crippen LogP contribution in [0.15, 0.2) is 56.7 Å². The molecule has 2 aliphatic rings. The van der Waals surface area contributed by atoms with E-state index in [-0.39, 0.29) is 0 Å². The summed E-state index contributed by atoms with van der Waals surface area (Å²) in [6.45, 7) is 6.78. The first kappa shape index (κ1) is 22.0. The number of sulfonamides is 1. The first-order valence-electron chi connectivity index (χ1n) is 10.3. The Morgan fingerprint density at radius 3 is 2.60 bits per heavy atom. The fourth-order valence-electron chi connectivity index (χ4n) is 3.76. The molecule has 2 N–H and O–H groups in total. The van der Waals surface area contributed by atoms with Crippen molar-refractivity contribution in [2.75, 3.05) is 61.2 Å². The van der Waals surface area contributed by atoms with Crippen LogP contribution in [-0.2, 0) is 10.0 Å². The van der Waals surface area contributed by atoms with Gasteiger partial charge in [-0.15, -0.1) is 11.8 Å². The second-order valence-corrected chi connectivity index (χ2v) is 11.3. The van der Waals surface area contributed by atoms with Gasteiger partial charge in [0.25, 0.3) is 10.0 Å². The fourth-order valence-corrected chi connectivity index (χ4v) is 6.65. The van der Waals surface area contributed by atoms with Crippen LogP contribution < -0.4 is 14.9 Å². The molecule has 162 valence electrons. The lowest BCUT2D eigenvalue weighted by molar-refractivity contribution is 0.240. The number of nitrogens with zero attached hydrogens (tertiary/aromatic N) is 2. The van der Waals surface area contributed by atoms with Crippen LogP contribution in [0.3, 0.4) is 0 Å². The molecule has 2 heterocycles. The quantitative estimate of drug-likeness (QED) is 0.556. The van der Waals surface area contributed by atoms with E-state index in [1.807, 2.05) is 18.2 Å². The summed E-state index contributed by atoms with van der Waals surface area (Å²) >= 11 is 5.08. The van der Waals surface area contributed by atoms with E-state index in [1.54, 1.807) is 40.3 Å². The Bertz CT molecular complexity index is 963. The van der Waals surface area contributed by atoms with Gasteiger partial charge >= 0.3 is 0 Å². The van der Waals surface area contributed by atoms with Gasteiger partial charge in [0.15, 0.2) is 0 Å². The lowest BCUT2D eigenvalue weighted by Gasteiger charge is -2.30. The first-order valence-corrected chi connectivity index (χ1v) is 13.5. The Morgan fingerprint density at radius 1 is 1.07 bits per heavy atom. The molecule has 0 amide bonds. The summed E-state index contributed by atoms with van der Waals surface area (Å²) in [4.78, 5) is 3.81. The van der Waals surface area contributed by atoms with Gasteiger partial charge < -0.3 is 15.5 Å². The molecular formula is C21H27BrN4O2S2. The van der Waals surface area contributed by atoms with Crippen LogP contribution >= 0.6 is 27.7 Å². The Morgan fingerprint density at radius 2 is 1.83 bits per heavy atom. The summed E-state index contributed by atoms with van der Waals surface area (Å²) in [6, 6.07) is 12.9. The molecule has 0 aromatic heterocycles. The molecule has 0 aliphatic carbocycles. The molecule has 0 saturated carbocycles. The van der Waals surface area contributed by atoms with E-state index in [0.29, 0.717) is 11.4 Å². The van der Waals surface area contributed by atoms with E-state index in [4.69, 9.17) is 0 Å². The third-order valence-corrected chi connectivity index (χ3v) is 8.77. The highest BCUT2D eigenvalue weighted by molar-refractivity contribution is 9.10. The highest BCUT2D eigenvalue weighted by Gasteiger charge is 2.29. The van der Waals surface area contributed by atoms with Gasteiger partial charge in [-0.25, -0.2) is 8.42 Å². The van der Waals surface area contributed by atoms with E-state index in [2.05, 4.69) is 31.5 Å². The largest absolute Gasteiger partial charge is 0.385 e. The van der Waals surface area contributed by atoms with Gasteiger partial charge in [0, 0.05) is 60.1 Å². The van der Waals surface area contributed by atoms with Crippen molar-refractivity contribution in [3.05, 3.63) is 46.9 Å². The van der Waals surface area contributed by atoms with Crippen LogP contribution in [0.2, 0.25) is 0 Å². The van der Waals surface area contributed by atoms with E-state index >= 15 is 0 Å². The number of thioether (sulfide) groups is 1. The van der Waals surface area contributed by atoms with Gasteiger partial charge in [0.1, 0.15) is 0 Å². The van der Waals surface area contributed by atoms with E-state index in [0.717, 1.165) is 72.2 Å². The lowest BCUT2D eigenvalue weighted by Crippen LogP contribution is -2.44. The maximum Gasteiger partial charge on any atom is 0.264 e. The molecule has 2 aromatic carbocycles. The van der Waals surface area contributed by atoms with Crippen LogP contribution in [0.4, 0.5) is 11.4 Å². The van der Waals surface area contributed by atoms with Gasteiger partial charge in [-0.3, -0.25) is 4.31 Å². The van der Waals surface area contributed by atoms with Crippen molar-refractivity contribution >= 4 is 49.1 Å². The Balaban J connectivity index is 1.45. The van der Waals surface area contributed by atoms with Crippen molar-refractivity contribution in [3.8, 4) is 0 Å². The second kappa shape index (κ2) is 9.91. The molecule has 0 bridgehead atoms. The van der Waals surface area contributed by atoms with Crippen LogP contribution in [0.1, 0.15) is 6.42 Å². The summed E-state index contributed by atoms with van der Waals surface area (Å²) in [5.41, 5.74) is 1.73. The standard InChI is InChI=1S/C21H27BrN4O2S2/c22-17-2-5-19(6-3-17)30(27,28)26-14-15-29-21-7-4-18(16-20(21)26)24-8-1-11-25-12-9-23-10-13-25/h2-7,16,23-24H,1,8-15H2. The molecule has 30 heavy (non-hydrogen) atoms. The molecule has 6 nitrogen and oxygen atoms in total. The third-order valence-electron chi connectivity index (χ3n) is 5.37. The van der Waals surface area contributed by atoms with E-state index in [1.165, 1.54) is 0 Å². The molecule has 4 rings (SSSR count). The Hall–Kier alpha value is -1.26. The van der Waals surface area contributed by atoms with Gasteiger partial charge in [-0.05, 0) is 55.4 Å². The summed E-state index contributed by atoms with van der Waals surface area (Å²) in [5, 5.41) is 6.85. The first-order chi connectivity index (χ1) is 14.5.